The third kappa shape index (κ3) is 2.83. The van der Waals surface area contributed by atoms with E-state index in [1.165, 1.54) is 0 Å². The fraction of sp³-hybridized carbons (Fsp3) is 0.348. The first-order chi connectivity index (χ1) is 16.2. The number of anilines is 1. The molecule has 0 spiro atoms. The van der Waals surface area contributed by atoms with Crippen LogP contribution >= 0.6 is 0 Å². The maximum absolute atomic E-state index is 13.1. The highest BCUT2D eigenvalue weighted by Gasteiger charge is 2.34. The summed E-state index contributed by atoms with van der Waals surface area (Å²) in [6, 6.07) is 1.84. The molecule has 10 heteroatoms. The van der Waals surface area contributed by atoms with E-state index in [0.717, 1.165) is 41.2 Å². The van der Waals surface area contributed by atoms with Gasteiger partial charge in [-0.3, -0.25) is 28.8 Å². The zero-order chi connectivity index (χ0) is 22.1. The molecule has 0 unspecified atom stereocenters. The first kappa shape index (κ1) is 18.6. The zero-order valence-electron chi connectivity index (χ0n) is 18.1. The van der Waals surface area contributed by atoms with E-state index in [1.54, 1.807) is 24.3 Å². The van der Waals surface area contributed by atoms with Gasteiger partial charge in [0.1, 0.15) is 17.1 Å². The average molecular weight is 439 g/mol. The highest BCUT2D eigenvalue weighted by Crippen LogP contribution is 2.42. The number of hydrogen-bond acceptors (Lipinski definition) is 7. The van der Waals surface area contributed by atoms with Crippen LogP contribution in [0.1, 0.15) is 54.2 Å². The normalized spacial score (nSPS) is 17.8. The molecule has 4 aromatic rings. The van der Waals surface area contributed by atoms with Crippen LogP contribution in [0.2, 0.25) is 0 Å². The number of rotatable bonds is 1. The molecule has 0 atom stereocenters. The van der Waals surface area contributed by atoms with Gasteiger partial charge in [-0.15, -0.1) is 0 Å². The molecule has 1 saturated carbocycles. The Balaban J connectivity index is 1.48. The van der Waals surface area contributed by atoms with Crippen molar-refractivity contribution in [1.29, 1.82) is 0 Å². The number of aromatic nitrogens is 7. The van der Waals surface area contributed by atoms with E-state index in [9.17, 15) is 4.79 Å². The van der Waals surface area contributed by atoms with E-state index in [2.05, 4.69) is 16.2 Å². The molecule has 4 aromatic heterocycles. The Morgan fingerprint density at radius 1 is 1.15 bits per heavy atom. The van der Waals surface area contributed by atoms with Crippen molar-refractivity contribution in [3.8, 4) is 11.4 Å². The quantitative estimate of drug-likeness (QED) is 0.451. The average Bonchev–Trinajstić information content (AvgIpc) is 3.28. The third-order valence-electron chi connectivity index (χ3n) is 6.57. The van der Waals surface area contributed by atoms with Gasteiger partial charge in [0.2, 0.25) is 11.7 Å². The monoisotopic (exact) mass is 439 g/mol. The summed E-state index contributed by atoms with van der Waals surface area (Å²) >= 11 is 0. The van der Waals surface area contributed by atoms with Gasteiger partial charge in [0.15, 0.2) is 5.82 Å². The molecule has 6 heterocycles. The second kappa shape index (κ2) is 6.77. The van der Waals surface area contributed by atoms with Gasteiger partial charge in [0.05, 0.1) is 29.8 Å². The molecule has 1 fully saturated rings. The Morgan fingerprint density at radius 2 is 2.06 bits per heavy atom. The van der Waals surface area contributed by atoms with Crippen molar-refractivity contribution in [3.63, 3.8) is 0 Å². The van der Waals surface area contributed by atoms with Gasteiger partial charge in [-0.05, 0) is 25.3 Å². The molecule has 3 aliphatic rings. The summed E-state index contributed by atoms with van der Waals surface area (Å²) in [6.07, 6.45) is 10.8. The standard InChI is InChI=1S/C23H21N9O/c1-30-17(33)4-2-8-31-12-14(18(29-31)13-5-6-13)19-20-15(10-26-19)25-11-16(27-20)21-22(30)28-23-24-7-3-9-32(21)23/h3,7,9,11-13H,2,4-6,8,10H2,1H3. The van der Waals surface area contributed by atoms with Gasteiger partial charge in [0.25, 0.3) is 0 Å². The van der Waals surface area contributed by atoms with E-state index in [4.69, 9.17) is 20.1 Å². The summed E-state index contributed by atoms with van der Waals surface area (Å²) in [4.78, 5) is 38.3. The first-order valence-electron chi connectivity index (χ1n) is 11.3. The molecule has 0 radical (unpaired) electrons. The molecule has 1 aliphatic carbocycles. The van der Waals surface area contributed by atoms with Crippen molar-refractivity contribution in [3.05, 3.63) is 53.5 Å². The van der Waals surface area contributed by atoms with Crippen molar-refractivity contribution in [2.24, 2.45) is 4.99 Å². The summed E-state index contributed by atoms with van der Waals surface area (Å²) in [7, 11) is 1.75. The summed E-state index contributed by atoms with van der Waals surface area (Å²) < 4.78 is 3.82. The Kier molecular flexibility index (Phi) is 3.82. The molecular formula is C23H21N9O. The number of nitrogens with zero attached hydrogens (tertiary/aromatic N) is 9. The molecule has 0 N–H and O–H groups in total. The van der Waals surface area contributed by atoms with Gasteiger partial charge in [-0.2, -0.15) is 10.1 Å². The van der Waals surface area contributed by atoms with Crippen molar-refractivity contribution in [2.75, 3.05) is 11.9 Å². The largest absolute Gasteiger partial charge is 0.298 e. The second-order valence-electron chi connectivity index (χ2n) is 8.81. The van der Waals surface area contributed by atoms with Gasteiger partial charge in [0, 0.05) is 50.1 Å². The molecular weight excluding hydrogens is 418 g/mol. The van der Waals surface area contributed by atoms with Crippen LogP contribution in [0.15, 0.2) is 35.8 Å². The molecule has 4 bridgehead atoms. The summed E-state index contributed by atoms with van der Waals surface area (Å²) in [6.45, 7) is 1.18. The highest BCUT2D eigenvalue weighted by molar-refractivity contribution is 6.14. The molecule has 10 nitrogen and oxygen atoms in total. The minimum Gasteiger partial charge on any atom is -0.298 e. The molecule has 7 rings (SSSR count). The van der Waals surface area contributed by atoms with E-state index in [-0.39, 0.29) is 5.91 Å². The Labute approximate surface area is 189 Å². The predicted octanol–water partition coefficient (Wildman–Crippen LogP) is 2.37. The van der Waals surface area contributed by atoms with E-state index in [0.29, 0.717) is 54.8 Å². The predicted molar refractivity (Wildman–Crippen MR) is 120 cm³/mol. The van der Waals surface area contributed by atoms with Gasteiger partial charge < -0.3 is 0 Å². The molecule has 164 valence electrons. The van der Waals surface area contributed by atoms with Gasteiger partial charge in [-0.25, -0.2) is 9.97 Å². The molecule has 2 aliphatic heterocycles. The fourth-order valence-electron chi connectivity index (χ4n) is 4.69. The van der Waals surface area contributed by atoms with Gasteiger partial charge in [-0.1, -0.05) is 0 Å². The molecule has 0 saturated heterocycles. The topological polar surface area (TPSA) is 106 Å². The lowest BCUT2D eigenvalue weighted by Gasteiger charge is -2.17. The zero-order valence-corrected chi connectivity index (χ0v) is 18.1. The number of amides is 1. The Bertz CT molecular complexity index is 1480. The molecule has 0 aromatic carbocycles. The lowest BCUT2D eigenvalue weighted by atomic mass is 10.1. The third-order valence-corrected chi connectivity index (χ3v) is 6.57. The van der Waals surface area contributed by atoms with E-state index < -0.39 is 0 Å². The van der Waals surface area contributed by atoms with Crippen LogP contribution in [0.3, 0.4) is 0 Å². The van der Waals surface area contributed by atoms with Crippen molar-refractivity contribution in [2.45, 2.75) is 44.7 Å². The Hall–Kier alpha value is -3.95. The van der Waals surface area contributed by atoms with Crippen LogP contribution in [-0.4, -0.2) is 52.8 Å². The number of fused-ring (bicyclic) bond motifs is 8. The number of imidazole rings is 1. The molecule has 33 heavy (non-hydrogen) atoms. The number of carbonyl (C=O) groups excluding carboxylic acids is 1. The van der Waals surface area contributed by atoms with Crippen LogP contribution < -0.4 is 4.90 Å². The second-order valence-corrected chi connectivity index (χ2v) is 8.81. The maximum Gasteiger partial charge on any atom is 0.236 e. The minimum absolute atomic E-state index is 0.0112. The van der Waals surface area contributed by atoms with Crippen molar-refractivity contribution >= 4 is 23.2 Å². The highest BCUT2D eigenvalue weighted by atomic mass is 16.2. The SMILES string of the molecule is CN1C(=O)CCCn2cc(c(C3CC3)n2)C2=NCc3ncc(nc32)-c2c1nc1ncccn21. The van der Waals surface area contributed by atoms with Crippen LogP contribution in [0, 0.1) is 0 Å². The van der Waals surface area contributed by atoms with Crippen LogP contribution in [0.4, 0.5) is 5.82 Å². The van der Waals surface area contributed by atoms with Crippen molar-refractivity contribution in [1.82, 2.24) is 34.1 Å². The Morgan fingerprint density at radius 3 is 2.94 bits per heavy atom. The summed E-state index contributed by atoms with van der Waals surface area (Å²) in [5, 5.41) is 4.88. The van der Waals surface area contributed by atoms with Crippen LogP contribution in [0.5, 0.6) is 0 Å². The number of hydrogen-bond donors (Lipinski definition) is 0. The minimum atomic E-state index is -0.0112. The van der Waals surface area contributed by atoms with Gasteiger partial charge >= 0.3 is 0 Å². The van der Waals surface area contributed by atoms with E-state index >= 15 is 0 Å². The lowest BCUT2D eigenvalue weighted by molar-refractivity contribution is -0.118. The number of carbonyl (C=O) groups is 1. The molecule has 1 amide bonds. The van der Waals surface area contributed by atoms with E-state index in [1.807, 2.05) is 21.3 Å². The van der Waals surface area contributed by atoms with Crippen LogP contribution in [-0.2, 0) is 17.9 Å². The van der Waals surface area contributed by atoms with Crippen LogP contribution in [0.25, 0.3) is 17.2 Å². The number of aryl methyl sites for hydroxylation is 1. The summed E-state index contributed by atoms with van der Waals surface area (Å²) in [5.74, 6) is 1.50. The fourth-order valence-corrected chi connectivity index (χ4v) is 4.69. The number of aliphatic imine (C=N–C) groups is 1. The maximum atomic E-state index is 13.1. The lowest BCUT2D eigenvalue weighted by Crippen LogP contribution is -2.27. The summed E-state index contributed by atoms with van der Waals surface area (Å²) in [5.41, 5.74) is 5.97. The van der Waals surface area contributed by atoms with Crippen molar-refractivity contribution < 1.29 is 4.79 Å². The smallest absolute Gasteiger partial charge is 0.236 e. The first-order valence-corrected chi connectivity index (χ1v) is 11.3.